The molecule has 0 spiro atoms. The number of rotatable bonds is 3. The summed E-state index contributed by atoms with van der Waals surface area (Å²) in [5.41, 5.74) is 15.2. The molecule has 0 unspecified atom stereocenters. The van der Waals surface area contributed by atoms with E-state index in [0.29, 0.717) is 5.54 Å². The molecule has 4 nitrogen and oxygen atoms in total. The van der Waals surface area contributed by atoms with Gasteiger partial charge in [-0.2, -0.15) is 0 Å². The minimum absolute atomic E-state index is 0.299. The van der Waals surface area contributed by atoms with Crippen molar-refractivity contribution in [2.45, 2.75) is 24.8 Å². The molecule has 3 rings (SSSR count). The number of morpholine rings is 1. The SMILES string of the molecule is Nc1cccc(N)c1CC1(N2CCOCC2)CC1. The van der Waals surface area contributed by atoms with E-state index in [2.05, 4.69) is 4.90 Å². The van der Waals surface area contributed by atoms with Crippen LogP contribution in [0.15, 0.2) is 18.2 Å². The third kappa shape index (κ3) is 2.06. The molecule has 98 valence electrons. The van der Waals surface area contributed by atoms with Gasteiger partial charge in [-0.25, -0.2) is 0 Å². The second kappa shape index (κ2) is 4.44. The number of anilines is 2. The first-order valence-electron chi connectivity index (χ1n) is 6.67. The molecule has 2 fully saturated rings. The highest BCUT2D eigenvalue weighted by Crippen LogP contribution is 2.46. The van der Waals surface area contributed by atoms with Gasteiger partial charge < -0.3 is 16.2 Å². The lowest BCUT2D eigenvalue weighted by Gasteiger charge is -2.35. The van der Waals surface area contributed by atoms with Crippen molar-refractivity contribution in [3.05, 3.63) is 23.8 Å². The summed E-state index contributed by atoms with van der Waals surface area (Å²) in [4.78, 5) is 2.56. The summed E-state index contributed by atoms with van der Waals surface area (Å²) < 4.78 is 5.43. The molecule has 0 radical (unpaired) electrons. The highest BCUT2D eigenvalue weighted by molar-refractivity contribution is 5.62. The van der Waals surface area contributed by atoms with Gasteiger partial charge in [-0.1, -0.05) is 6.07 Å². The molecule has 0 bridgehead atoms. The van der Waals surface area contributed by atoms with Crippen molar-refractivity contribution in [2.75, 3.05) is 37.8 Å². The molecule has 1 aromatic carbocycles. The standard InChI is InChI=1S/C14H21N3O/c15-12-2-1-3-13(16)11(12)10-14(4-5-14)17-6-8-18-9-7-17/h1-3H,4-10,15-16H2. The maximum absolute atomic E-state index is 6.06. The maximum Gasteiger partial charge on any atom is 0.0594 e. The lowest BCUT2D eigenvalue weighted by molar-refractivity contribution is 0.00960. The van der Waals surface area contributed by atoms with Gasteiger partial charge in [0.25, 0.3) is 0 Å². The molecule has 1 heterocycles. The third-order valence-electron chi connectivity index (χ3n) is 4.26. The van der Waals surface area contributed by atoms with Crippen molar-refractivity contribution in [3.63, 3.8) is 0 Å². The molecule has 4 heteroatoms. The minimum Gasteiger partial charge on any atom is -0.398 e. The number of ether oxygens (including phenoxy) is 1. The highest BCUT2D eigenvalue weighted by Gasteiger charge is 2.48. The van der Waals surface area contributed by atoms with Crippen LogP contribution in [0.2, 0.25) is 0 Å². The summed E-state index contributed by atoms with van der Waals surface area (Å²) in [6.45, 7) is 3.77. The van der Waals surface area contributed by atoms with E-state index in [-0.39, 0.29) is 0 Å². The summed E-state index contributed by atoms with van der Waals surface area (Å²) in [5, 5.41) is 0. The van der Waals surface area contributed by atoms with Crippen molar-refractivity contribution in [1.29, 1.82) is 0 Å². The Morgan fingerprint density at radius 2 is 1.72 bits per heavy atom. The molecular weight excluding hydrogens is 226 g/mol. The van der Waals surface area contributed by atoms with E-state index in [1.54, 1.807) is 0 Å². The van der Waals surface area contributed by atoms with Gasteiger partial charge in [0.05, 0.1) is 13.2 Å². The Balaban J connectivity index is 1.79. The van der Waals surface area contributed by atoms with E-state index in [9.17, 15) is 0 Å². The van der Waals surface area contributed by atoms with E-state index in [4.69, 9.17) is 16.2 Å². The highest BCUT2D eigenvalue weighted by atomic mass is 16.5. The first kappa shape index (κ1) is 11.8. The van der Waals surface area contributed by atoms with Crippen LogP contribution in [-0.4, -0.2) is 36.7 Å². The second-order valence-corrected chi connectivity index (χ2v) is 5.42. The minimum atomic E-state index is 0.299. The van der Waals surface area contributed by atoms with E-state index in [1.165, 1.54) is 12.8 Å². The summed E-state index contributed by atoms with van der Waals surface area (Å²) in [6, 6.07) is 5.81. The van der Waals surface area contributed by atoms with Crippen molar-refractivity contribution in [3.8, 4) is 0 Å². The molecule has 4 N–H and O–H groups in total. The van der Waals surface area contributed by atoms with Crippen LogP contribution in [0.4, 0.5) is 11.4 Å². The Hall–Kier alpha value is -1.26. The van der Waals surface area contributed by atoms with Crippen molar-refractivity contribution < 1.29 is 4.74 Å². The molecular formula is C14H21N3O. The van der Waals surface area contributed by atoms with Gasteiger partial charge in [-0.15, -0.1) is 0 Å². The smallest absolute Gasteiger partial charge is 0.0594 e. The predicted octanol–water partition coefficient (Wildman–Crippen LogP) is 1.26. The van der Waals surface area contributed by atoms with Crippen LogP contribution in [0.25, 0.3) is 0 Å². The van der Waals surface area contributed by atoms with Crippen LogP contribution >= 0.6 is 0 Å². The van der Waals surface area contributed by atoms with Crippen LogP contribution in [0.1, 0.15) is 18.4 Å². The fourth-order valence-electron chi connectivity index (χ4n) is 2.94. The van der Waals surface area contributed by atoms with Crippen LogP contribution in [0.5, 0.6) is 0 Å². The summed E-state index contributed by atoms with van der Waals surface area (Å²) in [5.74, 6) is 0. The monoisotopic (exact) mass is 247 g/mol. The number of nitrogen functional groups attached to an aromatic ring is 2. The molecule has 1 saturated heterocycles. The Kier molecular flexibility index (Phi) is 2.92. The van der Waals surface area contributed by atoms with E-state index in [1.807, 2.05) is 18.2 Å². The number of hydrogen-bond acceptors (Lipinski definition) is 4. The lowest BCUT2D eigenvalue weighted by Crippen LogP contribution is -2.46. The fraction of sp³-hybridized carbons (Fsp3) is 0.571. The maximum atomic E-state index is 6.06. The van der Waals surface area contributed by atoms with Gasteiger partial charge in [0.1, 0.15) is 0 Å². The van der Waals surface area contributed by atoms with Crippen molar-refractivity contribution in [2.24, 2.45) is 0 Å². The average Bonchev–Trinajstić information content (AvgIpc) is 3.16. The van der Waals surface area contributed by atoms with Gasteiger partial charge in [-0.05, 0) is 37.0 Å². The Labute approximate surface area is 108 Å². The zero-order chi connectivity index (χ0) is 12.6. The van der Waals surface area contributed by atoms with Gasteiger partial charge in [0, 0.05) is 30.0 Å². The fourth-order valence-corrected chi connectivity index (χ4v) is 2.94. The first-order chi connectivity index (χ1) is 8.71. The Morgan fingerprint density at radius 3 is 2.28 bits per heavy atom. The van der Waals surface area contributed by atoms with Crippen LogP contribution in [0, 0.1) is 0 Å². The summed E-state index contributed by atoms with van der Waals surface area (Å²) in [6.07, 6.45) is 3.48. The van der Waals surface area contributed by atoms with Gasteiger partial charge in [0.15, 0.2) is 0 Å². The number of nitrogens with two attached hydrogens (primary N) is 2. The van der Waals surface area contributed by atoms with Crippen LogP contribution in [-0.2, 0) is 11.2 Å². The number of benzene rings is 1. The molecule has 0 amide bonds. The van der Waals surface area contributed by atoms with Gasteiger partial charge in [0.2, 0.25) is 0 Å². The Bertz CT molecular complexity index is 416. The van der Waals surface area contributed by atoms with E-state index in [0.717, 1.165) is 49.7 Å². The molecule has 1 aliphatic heterocycles. The predicted molar refractivity (Wildman–Crippen MR) is 73.3 cm³/mol. The molecule has 0 aromatic heterocycles. The second-order valence-electron chi connectivity index (χ2n) is 5.42. The van der Waals surface area contributed by atoms with Crippen molar-refractivity contribution >= 4 is 11.4 Å². The van der Waals surface area contributed by atoms with Crippen LogP contribution < -0.4 is 11.5 Å². The largest absolute Gasteiger partial charge is 0.398 e. The number of hydrogen-bond donors (Lipinski definition) is 2. The third-order valence-corrected chi connectivity index (χ3v) is 4.26. The lowest BCUT2D eigenvalue weighted by atomic mass is 9.99. The molecule has 18 heavy (non-hydrogen) atoms. The zero-order valence-corrected chi connectivity index (χ0v) is 10.7. The van der Waals surface area contributed by atoms with E-state index >= 15 is 0 Å². The van der Waals surface area contributed by atoms with Gasteiger partial charge in [-0.3, -0.25) is 4.90 Å². The zero-order valence-electron chi connectivity index (χ0n) is 10.7. The number of nitrogens with zero attached hydrogens (tertiary/aromatic N) is 1. The average molecular weight is 247 g/mol. The first-order valence-corrected chi connectivity index (χ1v) is 6.67. The van der Waals surface area contributed by atoms with Gasteiger partial charge >= 0.3 is 0 Å². The molecule has 1 aliphatic carbocycles. The Morgan fingerprint density at radius 1 is 1.11 bits per heavy atom. The summed E-state index contributed by atoms with van der Waals surface area (Å²) in [7, 11) is 0. The quantitative estimate of drug-likeness (QED) is 0.789. The molecule has 1 saturated carbocycles. The molecule has 1 aromatic rings. The normalized spacial score (nSPS) is 22.9. The molecule has 2 aliphatic rings. The van der Waals surface area contributed by atoms with Crippen molar-refractivity contribution in [1.82, 2.24) is 4.90 Å². The van der Waals surface area contributed by atoms with Crippen LogP contribution in [0.3, 0.4) is 0 Å². The summed E-state index contributed by atoms with van der Waals surface area (Å²) >= 11 is 0. The topological polar surface area (TPSA) is 64.5 Å². The molecule has 0 atom stereocenters. The van der Waals surface area contributed by atoms with E-state index < -0.39 is 0 Å².